The van der Waals surface area contributed by atoms with E-state index in [0.29, 0.717) is 5.06 Å². The lowest BCUT2D eigenvalue weighted by molar-refractivity contribution is -0.165. The molecule has 2 fully saturated rings. The largest absolute Gasteiger partial charge is 0.458 e. The van der Waals surface area contributed by atoms with Crippen molar-refractivity contribution < 1.29 is 41.2 Å². The standard InChI is InChI=1S/C13H21N3O9S/c1-13(2,3)24-10(17)7-23-14-11(18)9-5-4-8-6-15(9)12(19)16(8)25-26(20,21)22/h8-9H,4-7H2,1-3H3,(H,14,18)(H,20,21,22)/t8-,9+/m1/s1. The maximum atomic E-state index is 12.2. The van der Waals surface area contributed by atoms with E-state index >= 15 is 0 Å². The Balaban J connectivity index is 1.88. The number of urea groups is 1. The molecular formula is C13H21N3O9S. The molecule has 0 spiro atoms. The van der Waals surface area contributed by atoms with Crippen molar-refractivity contribution in [1.29, 1.82) is 0 Å². The van der Waals surface area contributed by atoms with Crippen LogP contribution in [-0.4, -0.2) is 71.7 Å². The molecule has 13 heteroatoms. The summed E-state index contributed by atoms with van der Waals surface area (Å²) < 4.78 is 39.6. The van der Waals surface area contributed by atoms with Crippen molar-refractivity contribution in [3.8, 4) is 0 Å². The normalized spacial score (nSPS) is 23.2. The summed E-state index contributed by atoms with van der Waals surface area (Å²) >= 11 is 0. The summed E-state index contributed by atoms with van der Waals surface area (Å²) in [6.07, 6.45) is 0.505. The predicted molar refractivity (Wildman–Crippen MR) is 83.3 cm³/mol. The quantitative estimate of drug-likeness (QED) is 0.340. The van der Waals surface area contributed by atoms with E-state index in [1.54, 1.807) is 20.8 Å². The summed E-state index contributed by atoms with van der Waals surface area (Å²) in [5.74, 6) is -1.35. The fourth-order valence-electron chi connectivity index (χ4n) is 2.71. The fraction of sp³-hybridized carbons (Fsp3) is 0.769. The van der Waals surface area contributed by atoms with Crippen LogP contribution in [0.3, 0.4) is 0 Å². The molecule has 0 unspecified atom stereocenters. The van der Waals surface area contributed by atoms with Gasteiger partial charge in [0.1, 0.15) is 11.6 Å². The summed E-state index contributed by atoms with van der Waals surface area (Å²) in [4.78, 5) is 41.8. The van der Waals surface area contributed by atoms with E-state index in [4.69, 9.17) is 14.1 Å². The molecular weight excluding hydrogens is 374 g/mol. The van der Waals surface area contributed by atoms with Gasteiger partial charge in [0, 0.05) is 6.54 Å². The third-order valence-corrected chi connectivity index (χ3v) is 3.93. The number of hydroxylamine groups is 3. The van der Waals surface area contributed by atoms with Gasteiger partial charge in [0.05, 0.1) is 6.04 Å². The van der Waals surface area contributed by atoms with Gasteiger partial charge in [-0.05, 0) is 33.6 Å². The van der Waals surface area contributed by atoms with E-state index in [1.165, 1.54) is 0 Å². The van der Waals surface area contributed by atoms with Gasteiger partial charge in [0.25, 0.3) is 5.91 Å². The summed E-state index contributed by atoms with van der Waals surface area (Å²) in [6, 6.07) is -2.39. The van der Waals surface area contributed by atoms with Crippen LogP contribution in [-0.2, 0) is 33.8 Å². The van der Waals surface area contributed by atoms with Crippen LogP contribution in [0.15, 0.2) is 0 Å². The number of nitrogens with zero attached hydrogens (tertiary/aromatic N) is 2. The fourth-order valence-corrected chi connectivity index (χ4v) is 3.10. The van der Waals surface area contributed by atoms with Crippen LogP contribution in [0.2, 0.25) is 0 Å². The van der Waals surface area contributed by atoms with Crippen LogP contribution in [0.4, 0.5) is 4.79 Å². The molecule has 12 nitrogen and oxygen atoms in total. The summed E-state index contributed by atoms with van der Waals surface area (Å²) in [6.45, 7) is 4.59. The van der Waals surface area contributed by atoms with Gasteiger partial charge in [-0.15, -0.1) is 4.28 Å². The third-order valence-electron chi connectivity index (χ3n) is 3.58. The number of carbonyl (C=O) groups is 3. The van der Waals surface area contributed by atoms with Gasteiger partial charge in [0.15, 0.2) is 6.61 Å². The van der Waals surface area contributed by atoms with E-state index < -0.39 is 52.6 Å². The average Bonchev–Trinajstić information content (AvgIpc) is 2.69. The van der Waals surface area contributed by atoms with Crippen molar-refractivity contribution in [2.24, 2.45) is 0 Å². The summed E-state index contributed by atoms with van der Waals surface area (Å²) in [7, 11) is -4.85. The second-order valence-electron chi connectivity index (χ2n) is 6.85. The van der Waals surface area contributed by atoms with E-state index in [2.05, 4.69) is 9.76 Å². The molecule has 0 aromatic rings. The lowest BCUT2D eigenvalue weighted by Gasteiger charge is -2.28. The molecule has 26 heavy (non-hydrogen) atoms. The number of ether oxygens (including phenoxy) is 1. The number of carbonyl (C=O) groups excluding carboxylic acids is 3. The van der Waals surface area contributed by atoms with Crippen LogP contribution < -0.4 is 5.48 Å². The molecule has 2 heterocycles. The number of fused-ring (bicyclic) bond motifs is 2. The minimum Gasteiger partial charge on any atom is -0.458 e. The van der Waals surface area contributed by atoms with Crippen molar-refractivity contribution in [3.05, 3.63) is 0 Å². The maximum absolute atomic E-state index is 12.2. The molecule has 3 amide bonds. The Morgan fingerprint density at radius 3 is 2.54 bits per heavy atom. The number of nitrogens with one attached hydrogen (secondary N) is 1. The number of piperidine rings is 1. The van der Waals surface area contributed by atoms with Crippen molar-refractivity contribution >= 4 is 28.3 Å². The molecule has 2 atom stereocenters. The van der Waals surface area contributed by atoms with Gasteiger partial charge in [0.2, 0.25) is 0 Å². The highest BCUT2D eigenvalue weighted by Gasteiger charge is 2.49. The molecule has 2 rings (SSSR count). The third kappa shape index (κ3) is 5.27. The van der Waals surface area contributed by atoms with Crippen LogP contribution >= 0.6 is 0 Å². The Kier molecular flexibility index (Phi) is 5.75. The van der Waals surface area contributed by atoms with E-state index in [9.17, 15) is 22.8 Å². The van der Waals surface area contributed by atoms with Gasteiger partial charge in [-0.25, -0.2) is 15.1 Å². The highest BCUT2D eigenvalue weighted by atomic mass is 32.3. The SMILES string of the molecule is CC(C)(C)OC(=O)CONC(=O)[C@@H]1CC[C@@H]2CN1C(=O)N2OS(=O)(=O)O. The smallest absolute Gasteiger partial charge is 0.418 e. The molecule has 0 radical (unpaired) electrons. The Bertz CT molecular complexity index is 687. The molecule has 0 aliphatic carbocycles. The van der Waals surface area contributed by atoms with Gasteiger partial charge in [-0.1, -0.05) is 0 Å². The molecule has 2 N–H and O–H groups in total. The molecule has 148 valence electrons. The maximum Gasteiger partial charge on any atom is 0.418 e. The first kappa shape index (κ1) is 20.4. The first-order valence-corrected chi connectivity index (χ1v) is 9.14. The Morgan fingerprint density at radius 2 is 1.96 bits per heavy atom. The summed E-state index contributed by atoms with van der Waals surface area (Å²) in [5, 5.41) is 0.532. The Hall–Kier alpha value is -1.96. The van der Waals surface area contributed by atoms with E-state index in [1.807, 2.05) is 0 Å². The molecule has 0 aromatic heterocycles. The second-order valence-corrected chi connectivity index (χ2v) is 7.86. The van der Waals surface area contributed by atoms with Crippen LogP contribution in [0.5, 0.6) is 0 Å². The van der Waals surface area contributed by atoms with Crippen molar-refractivity contribution in [2.75, 3.05) is 13.2 Å². The van der Waals surface area contributed by atoms with Crippen molar-refractivity contribution in [3.63, 3.8) is 0 Å². The van der Waals surface area contributed by atoms with E-state index in [-0.39, 0.29) is 19.4 Å². The average molecular weight is 395 g/mol. The lowest BCUT2D eigenvalue weighted by Crippen LogP contribution is -2.50. The molecule has 2 aliphatic rings. The Morgan fingerprint density at radius 1 is 1.31 bits per heavy atom. The molecule has 2 aliphatic heterocycles. The topological polar surface area (TPSA) is 152 Å². The zero-order valence-corrected chi connectivity index (χ0v) is 15.3. The number of rotatable bonds is 6. The van der Waals surface area contributed by atoms with Crippen LogP contribution in [0.25, 0.3) is 0 Å². The molecule has 0 aromatic carbocycles. The number of amides is 3. The zero-order chi connectivity index (χ0) is 19.7. The Labute approximate surface area is 150 Å². The molecule has 0 saturated carbocycles. The number of hydrogen-bond donors (Lipinski definition) is 2. The first-order chi connectivity index (χ1) is 11.9. The minimum absolute atomic E-state index is 0.0541. The predicted octanol–water partition coefficient (Wildman–Crippen LogP) is -0.621. The van der Waals surface area contributed by atoms with Crippen molar-refractivity contribution in [1.82, 2.24) is 15.4 Å². The number of esters is 1. The van der Waals surface area contributed by atoms with Gasteiger partial charge >= 0.3 is 22.4 Å². The minimum atomic E-state index is -4.85. The van der Waals surface area contributed by atoms with Crippen LogP contribution in [0, 0.1) is 0 Å². The van der Waals surface area contributed by atoms with Crippen molar-refractivity contribution in [2.45, 2.75) is 51.3 Å². The van der Waals surface area contributed by atoms with E-state index in [0.717, 1.165) is 4.90 Å². The highest BCUT2D eigenvalue weighted by molar-refractivity contribution is 7.80. The van der Waals surface area contributed by atoms with Gasteiger partial charge in [-0.2, -0.15) is 13.5 Å². The van der Waals surface area contributed by atoms with Crippen LogP contribution in [0.1, 0.15) is 33.6 Å². The lowest BCUT2D eigenvalue weighted by atomic mass is 10.0. The highest BCUT2D eigenvalue weighted by Crippen LogP contribution is 2.30. The first-order valence-electron chi connectivity index (χ1n) is 7.78. The zero-order valence-electron chi connectivity index (χ0n) is 14.5. The molecule has 2 bridgehead atoms. The summed E-state index contributed by atoms with van der Waals surface area (Å²) in [5.41, 5.74) is 1.38. The molecule has 2 saturated heterocycles. The van der Waals surface area contributed by atoms with Gasteiger partial charge < -0.3 is 9.64 Å². The van der Waals surface area contributed by atoms with Gasteiger partial charge in [-0.3, -0.25) is 14.2 Å². The monoisotopic (exact) mass is 395 g/mol. The number of hydrogen-bond acceptors (Lipinski definition) is 8. The second kappa shape index (κ2) is 7.34.